The number of aromatic nitrogens is 4. The van der Waals surface area contributed by atoms with Gasteiger partial charge >= 0.3 is 10.4 Å². The van der Waals surface area contributed by atoms with E-state index in [2.05, 4.69) is 20.3 Å². The average molecular weight is 600 g/mol. The van der Waals surface area contributed by atoms with E-state index in [9.17, 15) is 9.59 Å². The lowest BCUT2D eigenvalue weighted by Crippen LogP contribution is -2.25. The van der Waals surface area contributed by atoms with E-state index in [0.717, 1.165) is 5.56 Å². The van der Waals surface area contributed by atoms with E-state index in [1.165, 1.54) is 16.7 Å². The lowest BCUT2D eigenvalue weighted by atomic mass is 10.1. The maximum absolute atomic E-state index is 13.5. The SMILES string of the molecule is O=C(Nc1cccc(-n2c(=O)c(Cc3cccnc3)nc3cccnc32)c1)c1cc(Cl)cc(Cl)c1.O=S(=O)(O)O. The van der Waals surface area contributed by atoms with Gasteiger partial charge in [-0.3, -0.25) is 28.2 Å². The lowest BCUT2D eigenvalue weighted by molar-refractivity contribution is 0.102. The highest BCUT2D eigenvalue weighted by molar-refractivity contribution is 7.79. The van der Waals surface area contributed by atoms with Gasteiger partial charge < -0.3 is 5.32 Å². The van der Waals surface area contributed by atoms with Gasteiger partial charge in [0.15, 0.2) is 5.65 Å². The molecule has 0 fully saturated rings. The van der Waals surface area contributed by atoms with Crippen LogP contribution in [-0.4, -0.2) is 42.9 Å². The summed E-state index contributed by atoms with van der Waals surface area (Å²) in [6.45, 7) is 0. The Balaban J connectivity index is 0.000000681. The number of rotatable bonds is 5. The third-order valence-electron chi connectivity index (χ3n) is 5.26. The monoisotopic (exact) mass is 599 g/mol. The first-order valence-corrected chi connectivity index (χ1v) is 13.5. The summed E-state index contributed by atoms with van der Waals surface area (Å²) < 4.78 is 33.1. The quantitative estimate of drug-likeness (QED) is 0.243. The van der Waals surface area contributed by atoms with Crippen molar-refractivity contribution in [1.82, 2.24) is 19.5 Å². The van der Waals surface area contributed by atoms with Crippen molar-refractivity contribution in [2.75, 3.05) is 5.32 Å². The Kier molecular flexibility index (Phi) is 8.87. The first-order chi connectivity index (χ1) is 19.0. The van der Waals surface area contributed by atoms with Crippen LogP contribution in [0.4, 0.5) is 5.69 Å². The Labute approximate surface area is 237 Å². The number of nitrogens with zero attached hydrogens (tertiary/aromatic N) is 4. The highest BCUT2D eigenvalue weighted by Gasteiger charge is 2.15. The lowest BCUT2D eigenvalue weighted by Gasteiger charge is -2.13. The molecule has 0 saturated heterocycles. The summed E-state index contributed by atoms with van der Waals surface area (Å²) in [5.74, 6) is -0.381. The molecule has 0 atom stereocenters. The number of anilines is 1. The van der Waals surface area contributed by atoms with Crippen molar-refractivity contribution in [3.05, 3.63) is 123 Å². The third-order valence-corrected chi connectivity index (χ3v) is 5.70. The first kappa shape index (κ1) is 28.8. The normalized spacial score (nSPS) is 11.0. The van der Waals surface area contributed by atoms with Crippen molar-refractivity contribution in [3.8, 4) is 5.69 Å². The van der Waals surface area contributed by atoms with E-state index in [1.54, 1.807) is 61.1 Å². The fourth-order valence-corrected chi connectivity index (χ4v) is 4.25. The molecular weight excluding hydrogens is 581 g/mol. The van der Waals surface area contributed by atoms with Crippen LogP contribution in [-0.2, 0) is 16.8 Å². The van der Waals surface area contributed by atoms with Crippen LogP contribution in [0.2, 0.25) is 10.0 Å². The predicted molar refractivity (Wildman–Crippen MR) is 151 cm³/mol. The molecule has 0 radical (unpaired) electrons. The summed E-state index contributed by atoms with van der Waals surface area (Å²) in [7, 11) is -4.67. The minimum Gasteiger partial charge on any atom is -0.322 e. The molecule has 0 aliphatic carbocycles. The van der Waals surface area contributed by atoms with Gasteiger partial charge in [0.1, 0.15) is 11.2 Å². The van der Waals surface area contributed by atoms with Gasteiger partial charge in [0, 0.05) is 46.3 Å². The maximum atomic E-state index is 13.5. The summed E-state index contributed by atoms with van der Waals surface area (Å²) >= 11 is 12.1. The van der Waals surface area contributed by atoms with Gasteiger partial charge in [0.05, 0.1) is 5.69 Å². The number of nitrogens with one attached hydrogen (secondary N) is 1. The summed E-state index contributed by atoms with van der Waals surface area (Å²) in [6.07, 6.45) is 5.31. The van der Waals surface area contributed by atoms with Crippen LogP contribution in [0.1, 0.15) is 21.6 Å². The van der Waals surface area contributed by atoms with Crippen molar-refractivity contribution in [1.29, 1.82) is 0 Å². The van der Waals surface area contributed by atoms with E-state index < -0.39 is 10.4 Å². The van der Waals surface area contributed by atoms with Gasteiger partial charge in [-0.2, -0.15) is 8.42 Å². The molecule has 0 saturated carbocycles. The number of benzene rings is 2. The molecule has 14 heteroatoms. The van der Waals surface area contributed by atoms with E-state index >= 15 is 0 Å². The summed E-state index contributed by atoms with van der Waals surface area (Å²) in [4.78, 5) is 39.4. The molecule has 3 N–H and O–H groups in total. The van der Waals surface area contributed by atoms with Crippen molar-refractivity contribution in [2.45, 2.75) is 6.42 Å². The minimum atomic E-state index is -4.67. The smallest absolute Gasteiger partial charge is 0.322 e. The molecule has 3 aromatic heterocycles. The Morgan fingerprint density at radius 3 is 2.33 bits per heavy atom. The number of amides is 1. The molecule has 0 bridgehead atoms. The fraction of sp³-hybridized carbons (Fsp3) is 0.0385. The zero-order valence-corrected chi connectivity index (χ0v) is 22.6. The summed E-state index contributed by atoms with van der Waals surface area (Å²) in [5, 5.41) is 3.55. The summed E-state index contributed by atoms with van der Waals surface area (Å²) in [5.41, 5.74) is 3.27. The van der Waals surface area contributed by atoms with E-state index in [4.69, 9.17) is 40.7 Å². The van der Waals surface area contributed by atoms with Gasteiger partial charge in [0.2, 0.25) is 0 Å². The second kappa shape index (κ2) is 12.3. The molecule has 11 nitrogen and oxygen atoms in total. The van der Waals surface area contributed by atoms with Crippen LogP contribution < -0.4 is 10.9 Å². The highest BCUT2D eigenvalue weighted by Crippen LogP contribution is 2.22. The highest BCUT2D eigenvalue weighted by atomic mass is 35.5. The van der Waals surface area contributed by atoms with E-state index in [0.29, 0.717) is 50.3 Å². The van der Waals surface area contributed by atoms with Gasteiger partial charge in [-0.15, -0.1) is 0 Å². The number of halogens is 2. The standard InChI is InChI=1S/C26H17Cl2N5O2.H2O4S/c27-18-11-17(12-19(28)13-18)25(34)31-20-5-1-6-21(14-20)33-24-22(7-3-9-30-24)32-23(26(33)35)10-16-4-2-8-29-15-16;1-5(2,3)4/h1-9,11-15H,10H2,(H,31,34);(H2,1,2,3,4). The molecule has 40 heavy (non-hydrogen) atoms. The molecular formula is C26H19Cl2N5O6S. The molecule has 5 aromatic rings. The number of hydrogen-bond donors (Lipinski definition) is 3. The van der Waals surface area contributed by atoms with E-state index in [-0.39, 0.29) is 11.5 Å². The first-order valence-electron chi connectivity index (χ1n) is 11.3. The van der Waals surface area contributed by atoms with Crippen molar-refractivity contribution >= 4 is 56.4 Å². The second-order valence-corrected chi connectivity index (χ2v) is 9.96. The Hall–Kier alpha value is -4.20. The van der Waals surface area contributed by atoms with Crippen molar-refractivity contribution < 1.29 is 22.3 Å². The zero-order chi connectivity index (χ0) is 28.9. The van der Waals surface area contributed by atoms with Crippen LogP contribution in [0.15, 0.2) is 90.1 Å². The number of fused-ring (bicyclic) bond motifs is 1. The molecule has 5 rings (SSSR count). The van der Waals surface area contributed by atoms with Crippen LogP contribution >= 0.6 is 23.2 Å². The van der Waals surface area contributed by atoms with Gasteiger partial charge in [-0.25, -0.2) is 9.97 Å². The maximum Gasteiger partial charge on any atom is 0.394 e. The van der Waals surface area contributed by atoms with Crippen LogP contribution in [0.25, 0.3) is 16.9 Å². The molecule has 1 amide bonds. The van der Waals surface area contributed by atoms with Gasteiger partial charge in [-0.05, 0) is 60.2 Å². The molecule has 0 aliphatic heterocycles. The third kappa shape index (κ3) is 7.68. The average Bonchev–Trinajstić information content (AvgIpc) is 2.88. The molecule has 0 unspecified atom stereocenters. The molecule has 204 valence electrons. The molecule has 2 aromatic carbocycles. The molecule has 0 spiro atoms. The minimum absolute atomic E-state index is 0.301. The van der Waals surface area contributed by atoms with E-state index in [1.807, 2.05) is 12.1 Å². The Bertz CT molecular complexity index is 1840. The zero-order valence-electron chi connectivity index (χ0n) is 20.3. The van der Waals surface area contributed by atoms with Crippen molar-refractivity contribution in [2.24, 2.45) is 0 Å². The second-order valence-electron chi connectivity index (χ2n) is 8.19. The number of pyridine rings is 2. The number of carbonyl (C=O) groups is 1. The van der Waals surface area contributed by atoms with Crippen LogP contribution in [0.5, 0.6) is 0 Å². The fourth-order valence-electron chi connectivity index (χ4n) is 3.73. The summed E-state index contributed by atoms with van der Waals surface area (Å²) in [6, 6.07) is 18.8. The van der Waals surface area contributed by atoms with Crippen LogP contribution in [0, 0.1) is 0 Å². The Morgan fingerprint density at radius 2 is 1.65 bits per heavy atom. The number of carbonyl (C=O) groups excluding carboxylic acids is 1. The largest absolute Gasteiger partial charge is 0.394 e. The molecule has 3 heterocycles. The van der Waals surface area contributed by atoms with Crippen LogP contribution in [0.3, 0.4) is 0 Å². The predicted octanol–water partition coefficient (Wildman–Crippen LogP) is 4.67. The topological polar surface area (TPSA) is 164 Å². The van der Waals surface area contributed by atoms with Gasteiger partial charge in [-0.1, -0.05) is 35.3 Å². The Morgan fingerprint density at radius 1 is 0.950 bits per heavy atom. The van der Waals surface area contributed by atoms with Crippen molar-refractivity contribution in [3.63, 3.8) is 0 Å². The molecule has 0 aliphatic rings. The van der Waals surface area contributed by atoms with Gasteiger partial charge in [0.25, 0.3) is 11.5 Å². The number of hydrogen-bond acceptors (Lipinski definition) is 7.